The summed E-state index contributed by atoms with van der Waals surface area (Å²) in [6.45, 7) is 1.90. The van der Waals surface area contributed by atoms with Gasteiger partial charge in [0.15, 0.2) is 0 Å². The normalized spacial score (nSPS) is 20.2. The second kappa shape index (κ2) is 10.7. The molecule has 2 heterocycles. The monoisotopic (exact) mass is 452 g/mol. The van der Waals surface area contributed by atoms with Gasteiger partial charge in [0.2, 0.25) is 0 Å². The van der Waals surface area contributed by atoms with Crippen molar-refractivity contribution in [3.8, 4) is 0 Å². The van der Waals surface area contributed by atoms with Gasteiger partial charge in [-0.1, -0.05) is 60.7 Å². The van der Waals surface area contributed by atoms with Crippen LogP contribution in [0.1, 0.15) is 29.3 Å². The van der Waals surface area contributed by atoms with Crippen LogP contribution in [-0.2, 0) is 34.2 Å². The first-order valence-corrected chi connectivity index (χ1v) is 10.9. The van der Waals surface area contributed by atoms with Gasteiger partial charge in [0.05, 0.1) is 25.9 Å². The Labute approximate surface area is 191 Å². The Morgan fingerprint density at radius 2 is 1.64 bits per heavy atom. The van der Waals surface area contributed by atoms with Crippen LogP contribution >= 0.6 is 0 Å². The van der Waals surface area contributed by atoms with Gasteiger partial charge in [-0.15, -0.1) is 0 Å². The SMILES string of the molecule is Cc1cn([C@H]2C[C@H](OCc3ccccc3)[C@@H](CO)O2)c(=O)n(COCc2ccccc2)c1=O. The molecule has 1 fully saturated rings. The van der Waals surface area contributed by atoms with Gasteiger partial charge in [-0.05, 0) is 18.1 Å². The summed E-state index contributed by atoms with van der Waals surface area (Å²) in [5, 5.41) is 9.78. The van der Waals surface area contributed by atoms with E-state index in [0.29, 0.717) is 18.6 Å². The zero-order chi connectivity index (χ0) is 23.2. The second-order valence-corrected chi connectivity index (χ2v) is 8.08. The molecule has 0 amide bonds. The van der Waals surface area contributed by atoms with Crippen LogP contribution < -0.4 is 11.2 Å². The molecule has 1 saturated heterocycles. The minimum atomic E-state index is -0.657. The summed E-state index contributed by atoms with van der Waals surface area (Å²) in [5.74, 6) is 0. The number of aliphatic hydroxyl groups is 1. The fourth-order valence-electron chi connectivity index (χ4n) is 3.90. The maximum atomic E-state index is 13.1. The minimum absolute atomic E-state index is 0.168. The lowest BCUT2D eigenvalue weighted by atomic mass is 10.1. The number of aliphatic hydroxyl groups excluding tert-OH is 1. The number of rotatable bonds is 9. The van der Waals surface area contributed by atoms with E-state index >= 15 is 0 Å². The van der Waals surface area contributed by atoms with E-state index < -0.39 is 23.6 Å². The summed E-state index contributed by atoms with van der Waals surface area (Å²) >= 11 is 0. The molecule has 1 aliphatic heterocycles. The molecule has 0 saturated carbocycles. The van der Waals surface area contributed by atoms with E-state index in [1.165, 1.54) is 10.8 Å². The number of benzene rings is 2. The Kier molecular flexibility index (Phi) is 7.51. The van der Waals surface area contributed by atoms with Crippen molar-refractivity contribution in [3.63, 3.8) is 0 Å². The standard InChI is InChI=1S/C25H28N2O6/c1-18-13-26(25(30)27(24(18)29)17-31-15-19-8-4-2-5-9-19)23-12-21(22(14-28)33-23)32-16-20-10-6-3-7-11-20/h2-11,13,21-23,28H,12,14-17H2,1H3/t21-,22+,23+/m0/s1. The molecular weight excluding hydrogens is 424 g/mol. The largest absolute Gasteiger partial charge is 0.394 e. The minimum Gasteiger partial charge on any atom is -0.394 e. The third-order valence-electron chi connectivity index (χ3n) is 5.68. The second-order valence-electron chi connectivity index (χ2n) is 8.08. The van der Waals surface area contributed by atoms with Crippen molar-refractivity contribution in [2.24, 2.45) is 0 Å². The number of hydrogen-bond acceptors (Lipinski definition) is 6. The van der Waals surface area contributed by atoms with Crippen LogP contribution in [0.5, 0.6) is 0 Å². The van der Waals surface area contributed by atoms with E-state index in [0.717, 1.165) is 15.7 Å². The Hall–Kier alpha value is -3.04. The fourth-order valence-corrected chi connectivity index (χ4v) is 3.90. The molecule has 1 N–H and O–H groups in total. The van der Waals surface area contributed by atoms with Gasteiger partial charge in [-0.25, -0.2) is 9.36 Å². The Bertz CT molecular complexity index is 1160. The highest BCUT2D eigenvalue weighted by Crippen LogP contribution is 2.30. The van der Waals surface area contributed by atoms with Crippen molar-refractivity contribution in [1.29, 1.82) is 0 Å². The summed E-state index contributed by atoms with van der Waals surface area (Å²) in [5.41, 5.74) is 1.43. The molecule has 0 unspecified atom stereocenters. The number of ether oxygens (including phenoxy) is 3. The number of hydrogen-bond donors (Lipinski definition) is 1. The molecule has 2 aromatic carbocycles. The van der Waals surface area contributed by atoms with Gasteiger partial charge >= 0.3 is 5.69 Å². The molecule has 3 atom stereocenters. The molecule has 174 valence electrons. The molecule has 4 rings (SSSR count). The topological polar surface area (TPSA) is 91.9 Å². The summed E-state index contributed by atoms with van der Waals surface area (Å²) in [7, 11) is 0. The zero-order valence-electron chi connectivity index (χ0n) is 18.5. The summed E-state index contributed by atoms with van der Waals surface area (Å²) in [6, 6.07) is 19.2. The van der Waals surface area contributed by atoms with E-state index in [9.17, 15) is 14.7 Å². The number of nitrogens with zero attached hydrogens (tertiary/aromatic N) is 2. The summed E-state index contributed by atoms with van der Waals surface area (Å²) in [6.07, 6.45) is 0.259. The first kappa shape index (κ1) is 23.1. The third kappa shape index (κ3) is 5.48. The average Bonchev–Trinajstić information content (AvgIpc) is 3.26. The highest BCUT2D eigenvalue weighted by Gasteiger charge is 2.37. The van der Waals surface area contributed by atoms with Crippen LogP contribution in [-0.4, -0.2) is 33.1 Å². The van der Waals surface area contributed by atoms with Crippen LogP contribution in [0.3, 0.4) is 0 Å². The highest BCUT2D eigenvalue weighted by atomic mass is 16.6. The van der Waals surface area contributed by atoms with Crippen LogP contribution in [0.15, 0.2) is 76.4 Å². The lowest BCUT2D eigenvalue weighted by Gasteiger charge is -2.17. The van der Waals surface area contributed by atoms with Crippen LogP contribution in [0.25, 0.3) is 0 Å². The molecule has 0 radical (unpaired) electrons. The van der Waals surface area contributed by atoms with Gasteiger partial charge < -0.3 is 19.3 Å². The zero-order valence-corrected chi connectivity index (χ0v) is 18.5. The maximum Gasteiger partial charge on any atom is 0.335 e. The lowest BCUT2D eigenvalue weighted by molar-refractivity contribution is -0.0664. The lowest BCUT2D eigenvalue weighted by Crippen LogP contribution is -2.42. The van der Waals surface area contributed by atoms with Crippen molar-refractivity contribution in [2.75, 3.05) is 6.61 Å². The molecule has 8 nitrogen and oxygen atoms in total. The van der Waals surface area contributed by atoms with Crippen LogP contribution in [0.2, 0.25) is 0 Å². The summed E-state index contributed by atoms with van der Waals surface area (Å²) < 4.78 is 20.0. The smallest absolute Gasteiger partial charge is 0.335 e. The summed E-state index contributed by atoms with van der Waals surface area (Å²) in [4.78, 5) is 25.7. The molecule has 8 heteroatoms. The quantitative estimate of drug-likeness (QED) is 0.536. The van der Waals surface area contributed by atoms with E-state index in [-0.39, 0.29) is 26.0 Å². The number of aromatic nitrogens is 2. The molecule has 0 bridgehead atoms. The fraction of sp³-hybridized carbons (Fsp3) is 0.360. The maximum absolute atomic E-state index is 13.1. The predicted molar refractivity (Wildman–Crippen MR) is 122 cm³/mol. The van der Waals surface area contributed by atoms with Crippen molar-refractivity contribution in [1.82, 2.24) is 9.13 Å². The van der Waals surface area contributed by atoms with E-state index in [4.69, 9.17) is 14.2 Å². The molecule has 1 aromatic heterocycles. The van der Waals surface area contributed by atoms with Crippen molar-refractivity contribution in [3.05, 3.63) is 104 Å². The van der Waals surface area contributed by atoms with E-state index in [1.54, 1.807) is 6.92 Å². The Balaban J connectivity index is 1.48. The molecule has 0 aliphatic carbocycles. The van der Waals surface area contributed by atoms with Gasteiger partial charge in [-0.2, -0.15) is 0 Å². The highest BCUT2D eigenvalue weighted by molar-refractivity contribution is 5.14. The molecular formula is C25H28N2O6. The molecule has 1 aliphatic rings. The van der Waals surface area contributed by atoms with Gasteiger partial charge in [0.25, 0.3) is 5.56 Å². The Morgan fingerprint density at radius 1 is 1.00 bits per heavy atom. The van der Waals surface area contributed by atoms with Crippen molar-refractivity contribution < 1.29 is 19.3 Å². The van der Waals surface area contributed by atoms with Gasteiger partial charge in [0, 0.05) is 18.2 Å². The first-order chi connectivity index (χ1) is 16.1. The molecule has 33 heavy (non-hydrogen) atoms. The van der Waals surface area contributed by atoms with Crippen LogP contribution in [0.4, 0.5) is 0 Å². The van der Waals surface area contributed by atoms with Gasteiger partial charge in [-0.3, -0.25) is 9.36 Å². The van der Waals surface area contributed by atoms with Crippen LogP contribution in [0, 0.1) is 6.92 Å². The number of aryl methyl sites for hydroxylation is 1. The Morgan fingerprint density at radius 3 is 2.27 bits per heavy atom. The first-order valence-electron chi connectivity index (χ1n) is 10.9. The molecule has 3 aromatic rings. The average molecular weight is 453 g/mol. The van der Waals surface area contributed by atoms with Crippen molar-refractivity contribution >= 4 is 0 Å². The molecule has 0 spiro atoms. The third-order valence-corrected chi connectivity index (χ3v) is 5.68. The van der Waals surface area contributed by atoms with Gasteiger partial charge in [0.1, 0.15) is 19.1 Å². The van der Waals surface area contributed by atoms with Crippen molar-refractivity contribution in [2.45, 2.75) is 51.7 Å². The predicted octanol–water partition coefficient (Wildman–Crippen LogP) is 2.36. The van der Waals surface area contributed by atoms with E-state index in [2.05, 4.69) is 0 Å². The van der Waals surface area contributed by atoms with E-state index in [1.807, 2.05) is 60.7 Å².